The number of benzene rings is 3. The Morgan fingerprint density at radius 1 is 0.676 bits per heavy atom. The predicted octanol–water partition coefficient (Wildman–Crippen LogP) is 5.41. The molecule has 2 aromatic heterocycles. The first kappa shape index (κ1) is 20.6. The van der Waals surface area contributed by atoms with Gasteiger partial charge in [0, 0.05) is 50.2 Å². The van der Waals surface area contributed by atoms with Gasteiger partial charge in [-0.05, 0) is 23.3 Å². The summed E-state index contributed by atoms with van der Waals surface area (Å²) in [6.07, 6.45) is 3.92. The van der Waals surface area contributed by atoms with Crippen molar-refractivity contribution < 1.29 is 0 Å². The van der Waals surface area contributed by atoms with E-state index in [1.807, 2.05) is 6.07 Å². The van der Waals surface area contributed by atoms with E-state index in [1.165, 1.54) is 16.7 Å². The van der Waals surface area contributed by atoms with Gasteiger partial charge in [-0.1, -0.05) is 78.9 Å². The lowest BCUT2D eigenvalue weighted by Gasteiger charge is -2.35. The number of aromatic nitrogens is 3. The summed E-state index contributed by atoms with van der Waals surface area (Å²) < 4.78 is 2.19. The molecule has 5 aromatic rings. The Bertz CT molecular complexity index is 1370. The summed E-state index contributed by atoms with van der Waals surface area (Å²) >= 11 is 0. The number of nitrogens with zero attached hydrogens (tertiary/aromatic N) is 5. The molecule has 0 N–H and O–H groups in total. The summed E-state index contributed by atoms with van der Waals surface area (Å²) in [5.41, 5.74) is 5.77. The molecule has 1 aliphatic rings. The fraction of sp³-hybridized carbons (Fsp3) is 0.172. The molecule has 0 unspecified atom stereocenters. The highest BCUT2D eigenvalue weighted by molar-refractivity contribution is 6.02. The van der Waals surface area contributed by atoms with Gasteiger partial charge in [-0.15, -0.1) is 0 Å². The molecule has 6 rings (SSSR count). The second kappa shape index (κ2) is 9.12. The molecule has 0 spiro atoms. The first-order valence-corrected chi connectivity index (χ1v) is 11.8. The molecule has 0 atom stereocenters. The molecule has 1 fully saturated rings. The summed E-state index contributed by atoms with van der Waals surface area (Å²) in [6, 6.07) is 31.7. The van der Waals surface area contributed by atoms with E-state index < -0.39 is 0 Å². The Hall–Kier alpha value is -3.96. The summed E-state index contributed by atoms with van der Waals surface area (Å²) in [6.45, 7) is 4.92. The van der Waals surface area contributed by atoms with Crippen LogP contribution in [0.3, 0.4) is 0 Å². The molecule has 1 saturated heterocycles. The zero-order chi connectivity index (χ0) is 22.7. The topological polar surface area (TPSA) is 37.2 Å². The van der Waals surface area contributed by atoms with Gasteiger partial charge in [0.15, 0.2) is 5.65 Å². The van der Waals surface area contributed by atoms with Crippen molar-refractivity contribution in [1.29, 1.82) is 0 Å². The Morgan fingerprint density at radius 3 is 2.03 bits per heavy atom. The quantitative estimate of drug-likeness (QED) is 0.363. The van der Waals surface area contributed by atoms with Crippen LogP contribution >= 0.6 is 0 Å². The van der Waals surface area contributed by atoms with Crippen LogP contribution in [0, 0.1) is 0 Å². The smallest absolute Gasteiger partial charge is 0.150 e. The van der Waals surface area contributed by atoms with Crippen LogP contribution in [0.15, 0.2) is 104 Å². The lowest BCUT2D eigenvalue weighted by atomic mass is 10.1. The third-order valence-corrected chi connectivity index (χ3v) is 6.60. The molecule has 5 heteroatoms. The molecule has 0 amide bonds. The number of hydrogen-bond acceptors (Lipinski definition) is 4. The molecule has 5 nitrogen and oxygen atoms in total. The third kappa shape index (κ3) is 3.95. The molecule has 0 radical (unpaired) electrons. The molecular formula is C29H27N5. The monoisotopic (exact) mass is 445 g/mol. The second-order valence-corrected chi connectivity index (χ2v) is 8.76. The normalized spacial score (nSPS) is 14.5. The van der Waals surface area contributed by atoms with E-state index in [0.29, 0.717) is 0 Å². The van der Waals surface area contributed by atoms with E-state index >= 15 is 0 Å². The highest BCUT2D eigenvalue weighted by atomic mass is 15.3. The minimum atomic E-state index is 0.946. The van der Waals surface area contributed by atoms with Crippen molar-refractivity contribution in [1.82, 2.24) is 19.4 Å². The lowest BCUT2D eigenvalue weighted by Crippen LogP contribution is -2.46. The maximum absolute atomic E-state index is 4.82. The van der Waals surface area contributed by atoms with Crippen LogP contribution in [-0.2, 0) is 6.54 Å². The maximum atomic E-state index is 4.82. The summed E-state index contributed by atoms with van der Waals surface area (Å²) in [5.74, 6) is 1.03. The number of fused-ring (bicyclic) bond motifs is 1. The number of piperazine rings is 1. The van der Waals surface area contributed by atoms with Crippen LogP contribution in [0.5, 0.6) is 0 Å². The highest BCUT2D eigenvalue weighted by Crippen LogP contribution is 2.37. The third-order valence-electron chi connectivity index (χ3n) is 6.60. The van der Waals surface area contributed by atoms with Crippen LogP contribution in [0.2, 0.25) is 0 Å². The van der Waals surface area contributed by atoms with Gasteiger partial charge in [-0.25, -0.2) is 9.97 Å². The van der Waals surface area contributed by atoms with E-state index in [9.17, 15) is 0 Å². The van der Waals surface area contributed by atoms with Gasteiger partial charge >= 0.3 is 0 Å². The van der Waals surface area contributed by atoms with Crippen LogP contribution < -0.4 is 4.90 Å². The Kier molecular flexibility index (Phi) is 5.53. The molecule has 3 aromatic carbocycles. The van der Waals surface area contributed by atoms with Gasteiger partial charge < -0.3 is 9.47 Å². The first-order valence-electron chi connectivity index (χ1n) is 11.8. The molecule has 168 valence electrons. The van der Waals surface area contributed by atoms with Gasteiger partial charge in [0.05, 0.1) is 5.39 Å². The second-order valence-electron chi connectivity index (χ2n) is 8.76. The van der Waals surface area contributed by atoms with Crippen molar-refractivity contribution in [2.24, 2.45) is 0 Å². The number of anilines is 1. The highest BCUT2D eigenvalue weighted by Gasteiger charge is 2.24. The largest absolute Gasteiger partial charge is 0.353 e. The van der Waals surface area contributed by atoms with Gasteiger partial charge in [0.25, 0.3) is 0 Å². The molecule has 0 bridgehead atoms. The van der Waals surface area contributed by atoms with Crippen molar-refractivity contribution in [3.8, 4) is 16.8 Å². The van der Waals surface area contributed by atoms with Gasteiger partial charge in [-0.3, -0.25) is 4.90 Å². The zero-order valence-corrected chi connectivity index (χ0v) is 19.1. The predicted molar refractivity (Wildman–Crippen MR) is 138 cm³/mol. The van der Waals surface area contributed by atoms with Gasteiger partial charge in [-0.2, -0.15) is 0 Å². The van der Waals surface area contributed by atoms with E-state index in [0.717, 1.165) is 55.3 Å². The molecule has 3 heterocycles. The molecule has 34 heavy (non-hydrogen) atoms. The van der Waals surface area contributed by atoms with E-state index in [2.05, 4.69) is 105 Å². The Morgan fingerprint density at radius 2 is 1.32 bits per heavy atom. The average molecular weight is 446 g/mol. The van der Waals surface area contributed by atoms with E-state index in [4.69, 9.17) is 9.97 Å². The van der Waals surface area contributed by atoms with Crippen molar-refractivity contribution >= 4 is 16.9 Å². The summed E-state index contributed by atoms with van der Waals surface area (Å²) in [7, 11) is 0. The number of rotatable bonds is 5. The lowest BCUT2D eigenvalue weighted by molar-refractivity contribution is 0.249. The molecular weight excluding hydrogens is 418 g/mol. The van der Waals surface area contributed by atoms with Crippen LogP contribution in [0.25, 0.3) is 27.8 Å². The maximum Gasteiger partial charge on any atom is 0.150 e. The first-order chi connectivity index (χ1) is 16.9. The molecule has 0 aliphatic carbocycles. The fourth-order valence-electron chi connectivity index (χ4n) is 4.87. The Labute approximate surface area is 199 Å². The van der Waals surface area contributed by atoms with Crippen molar-refractivity contribution in [3.63, 3.8) is 0 Å². The van der Waals surface area contributed by atoms with E-state index in [1.54, 1.807) is 6.33 Å². The standard InChI is InChI=1S/C29H27N5/c1-4-10-23(11-5-1)20-32-16-18-33(19-17-32)28-27-26(24-12-6-2-7-13-24)21-34(29(27)31-22-30-28)25-14-8-3-9-15-25/h1-15,21-22H,16-20H2. The van der Waals surface area contributed by atoms with Crippen LogP contribution in [0.1, 0.15) is 5.56 Å². The SMILES string of the molecule is c1ccc(CN2CCN(c3ncnc4c3c(-c3ccccc3)cn4-c3ccccc3)CC2)cc1. The summed E-state index contributed by atoms with van der Waals surface area (Å²) in [5, 5.41) is 1.12. The van der Waals surface area contributed by atoms with Gasteiger partial charge in [0.1, 0.15) is 12.1 Å². The Balaban J connectivity index is 1.37. The summed E-state index contributed by atoms with van der Waals surface area (Å²) in [4.78, 5) is 14.5. The van der Waals surface area contributed by atoms with E-state index in [-0.39, 0.29) is 0 Å². The molecule has 1 aliphatic heterocycles. The minimum Gasteiger partial charge on any atom is -0.353 e. The zero-order valence-electron chi connectivity index (χ0n) is 19.1. The van der Waals surface area contributed by atoms with Crippen LogP contribution in [-0.4, -0.2) is 45.6 Å². The minimum absolute atomic E-state index is 0.946. The molecule has 0 saturated carbocycles. The van der Waals surface area contributed by atoms with Gasteiger partial charge in [0.2, 0.25) is 0 Å². The van der Waals surface area contributed by atoms with Crippen LogP contribution in [0.4, 0.5) is 5.82 Å². The number of para-hydroxylation sites is 1. The van der Waals surface area contributed by atoms with Crippen molar-refractivity contribution in [2.45, 2.75) is 6.54 Å². The average Bonchev–Trinajstić information content (AvgIpc) is 3.31. The van der Waals surface area contributed by atoms with Crippen molar-refractivity contribution in [2.75, 3.05) is 31.1 Å². The number of hydrogen-bond donors (Lipinski definition) is 0. The fourth-order valence-corrected chi connectivity index (χ4v) is 4.87. The van der Waals surface area contributed by atoms with Crippen molar-refractivity contribution in [3.05, 3.63) is 109 Å².